The van der Waals surface area contributed by atoms with Crippen LogP contribution in [0.3, 0.4) is 0 Å². The van der Waals surface area contributed by atoms with Crippen LogP contribution in [0.5, 0.6) is 5.75 Å². The van der Waals surface area contributed by atoms with Crippen LogP contribution in [0.2, 0.25) is 10.0 Å². The quantitative estimate of drug-likeness (QED) is 0.783. The number of rotatable bonds is 4. The molecule has 0 atom stereocenters. The number of esters is 1. The number of carbonyl (C=O) groups excluding carboxylic acids is 1. The normalized spacial score (nSPS) is 10.0. The van der Waals surface area contributed by atoms with Gasteiger partial charge in [0.05, 0.1) is 19.2 Å². The summed E-state index contributed by atoms with van der Waals surface area (Å²) in [5.41, 5.74) is 0.797. The molecule has 0 aliphatic carbocycles. The molecule has 1 aromatic rings. The summed E-state index contributed by atoms with van der Waals surface area (Å²) in [5, 5.41) is 0.959. The first-order valence-corrected chi connectivity index (χ1v) is 5.42. The second-order valence-corrected chi connectivity index (χ2v) is 4.00. The molecule has 0 aromatic heterocycles. The van der Waals surface area contributed by atoms with E-state index in [1.807, 2.05) is 0 Å². The van der Waals surface area contributed by atoms with Gasteiger partial charge in [0, 0.05) is 11.4 Å². The van der Waals surface area contributed by atoms with E-state index in [1.165, 1.54) is 14.2 Å². The molecule has 0 unspecified atom stereocenters. The Kier molecular flexibility index (Phi) is 4.90. The maximum Gasteiger partial charge on any atom is 0.305 e. The first-order valence-electron chi connectivity index (χ1n) is 4.67. The van der Waals surface area contributed by atoms with E-state index in [2.05, 4.69) is 4.74 Å². The Morgan fingerprint density at radius 2 is 2.00 bits per heavy atom. The molecule has 88 valence electrons. The van der Waals surface area contributed by atoms with Crippen LogP contribution >= 0.6 is 23.2 Å². The molecule has 0 aliphatic rings. The van der Waals surface area contributed by atoms with Gasteiger partial charge in [0.1, 0.15) is 5.75 Å². The smallest absolute Gasteiger partial charge is 0.305 e. The van der Waals surface area contributed by atoms with Crippen molar-refractivity contribution in [2.75, 3.05) is 14.2 Å². The minimum atomic E-state index is -0.279. The lowest BCUT2D eigenvalue weighted by Crippen LogP contribution is -2.03. The van der Waals surface area contributed by atoms with Gasteiger partial charge in [-0.3, -0.25) is 4.79 Å². The summed E-state index contributed by atoms with van der Waals surface area (Å²) >= 11 is 11.8. The monoisotopic (exact) mass is 262 g/mol. The van der Waals surface area contributed by atoms with Crippen molar-refractivity contribution in [3.63, 3.8) is 0 Å². The van der Waals surface area contributed by atoms with Crippen LogP contribution in [0.1, 0.15) is 12.0 Å². The van der Waals surface area contributed by atoms with Crippen LogP contribution in [0.25, 0.3) is 0 Å². The van der Waals surface area contributed by atoms with Crippen molar-refractivity contribution in [2.24, 2.45) is 0 Å². The molecule has 0 fully saturated rings. The van der Waals surface area contributed by atoms with Gasteiger partial charge in [0.2, 0.25) is 0 Å². The Labute approximate surface area is 104 Å². The first-order chi connectivity index (χ1) is 7.58. The fraction of sp³-hybridized carbons (Fsp3) is 0.364. The summed E-state index contributed by atoms with van der Waals surface area (Å²) in [6.07, 6.45) is 0.750. The zero-order valence-corrected chi connectivity index (χ0v) is 10.6. The SMILES string of the molecule is COC(=O)CCc1cc(Cl)cc(Cl)c1OC. The topological polar surface area (TPSA) is 35.5 Å². The molecule has 5 heteroatoms. The predicted molar refractivity (Wildman–Crippen MR) is 63.4 cm³/mol. The van der Waals surface area contributed by atoms with Crippen molar-refractivity contribution < 1.29 is 14.3 Å². The van der Waals surface area contributed by atoms with Crippen molar-refractivity contribution in [3.05, 3.63) is 27.7 Å². The van der Waals surface area contributed by atoms with E-state index in [0.29, 0.717) is 22.2 Å². The van der Waals surface area contributed by atoms with E-state index >= 15 is 0 Å². The fourth-order valence-electron chi connectivity index (χ4n) is 1.37. The Balaban J connectivity index is 2.89. The summed E-state index contributed by atoms with van der Waals surface area (Å²) in [5.74, 6) is 0.271. The third kappa shape index (κ3) is 3.29. The summed E-state index contributed by atoms with van der Waals surface area (Å²) in [4.78, 5) is 11.0. The molecule has 0 heterocycles. The molecule has 0 saturated carbocycles. The number of aryl methyl sites for hydroxylation is 1. The van der Waals surface area contributed by atoms with Gasteiger partial charge >= 0.3 is 5.97 Å². The van der Waals surface area contributed by atoms with Crippen molar-refractivity contribution in [1.82, 2.24) is 0 Å². The number of halogens is 2. The van der Waals surface area contributed by atoms with E-state index in [9.17, 15) is 4.79 Å². The van der Waals surface area contributed by atoms with Crippen LogP contribution < -0.4 is 4.74 Å². The number of carbonyl (C=O) groups is 1. The summed E-state index contributed by atoms with van der Waals surface area (Å²) in [7, 11) is 2.88. The van der Waals surface area contributed by atoms with Crippen molar-refractivity contribution >= 4 is 29.2 Å². The summed E-state index contributed by atoms with van der Waals surface area (Å²) < 4.78 is 9.71. The number of ether oxygens (including phenoxy) is 2. The third-order valence-corrected chi connectivity index (χ3v) is 2.61. The van der Waals surface area contributed by atoms with Gasteiger partial charge in [-0.25, -0.2) is 0 Å². The number of methoxy groups -OCH3 is 2. The maximum absolute atomic E-state index is 11.0. The molecule has 1 rings (SSSR count). The number of hydrogen-bond acceptors (Lipinski definition) is 3. The van der Waals surface area contributed by atoms with Crippen LogP contribution in [-0.2, 0) is 16.0 Å². The Morgan fingerprint density at radius 1 is 1.31 bits per heavy atom. The maximum atomic E-state index is 11.0. The minimum absolute atomic E-state index is 0.267. The minimum Gasteiger partial charge on any atom is -0.495 e. The van der Waals surface area contributed by atoms with Crippen molar-refractivity contribution in [3.8, 4) is 5.75 Å². The highest BCUT2D eigenvalue weighted by molar-refractivity contribution is 6.35. The molecule has 0 spiro atoms. The Bertz CT molecular complexity index is 391. The zero-order valence-electron chi connectivity index (χ0n) is 9.05. The lowest BCUT2D eigenvalue weighted by atomic mass is 10.1. The van der Waals surface area contributed by atoms with Gasteiger partial charge < -0.3 is 9.47 Å². The van der Waals surface area contributed by atoms with E-state index in [-0.39, 0.29) is 12.4 Å². The summed E-state index contributed by atoms with van der Waals surface area (Å²) in [6.45, 7) is 0. The van der Waals surface area contributed by atoms with Crippen molar-refractivity contribution in [1.29, 1.82) is 0 Å². The second-order valence-electron chi connectivity index (χ2n) is 3.16. The molecule has 0 aliphatic heterocycles. The average molecular weight is 263 g/mol. The summed E-state index contributed by atoms with van der Waals surface area (Å²) in [6, 6.07) is 3.33. The van der Waals surface area contributed by atoms with E-state index in [4.69, 9.17) is 27.9 Å². The molecule has 0 N–H and O–H groups in total. The predicted octanol–water partition coefficient (Wildman–Crippen LogP) is 3.11. The zero-order chi connectivity index (χ0) is 12.1. The van der Waals surface area contributed by atoms with Gasteiger partial charge in [-0.05, 0) is 24.1 Å². The largest absolute Gasteiger partial charge is 0.495 e. The van der Waals surface area contributed by atoms with E-state index < -0.39 is 0 Å². The lowest BCUT2D eigenvalue weighted by molar-refractivity contribution is -0.140. The highest BCUT2D eigenvalue weighted by Crippen LogP contribution is 2.32. The Hall–Kier alpha value is -0.930. The van der Waals surface area contributed by atoms with E-state index in [1.54, 1.807) is 12.1 Å². The van der Waals surface area contributed by atoms with Gasteiger partial charge in [-0.1, -0.05) is 23.2 Å². The lowest BCUT2D eigenvalue weighted by Gasteiger charge is -2.10. The molecular formula is C11H12Cl2O3. The standard InChI is InChI=1S/C11H12Cl2O3/c1-15-10(14)4-3-7-5-8(12)6-9(13)11(7)16-2/h5-6H,3-4H2,1-2H3. The molecule has 16 heavy (non-hydrogen) atoms. The molecule has 0 saturated heterocycles. The van der Waals surface area contributed by atoms with Crippen LogP contribution in [0, 0.1) is 0 Å². The molecular weight excluding hydrogens is 251 g/mol. The number of benzene rings is 1. The van der Waals surface area contributed by atoms with Crippen LogP contribution in [0.4, 0.5) is 0 Å². The first kappa shape index (κ1) is 13.1. The van der Waals surface area contributed by atoms with Gasteiger partial charge in [0.25, 0.3) is 0 Å². The van der Waals surface area contributed by atoms with Gasteiger partial charge in [-0.2, -0.15) is 0 Å². The molecule has 3 nitrogen and oxygen atoms in total. The highest BCUT2D eigenvalue weighted by Gasteiger charge is 2.11. The van der Waals surface area contributed by atoms with Crippen LogP contribution in [0.15, 0.2) is 12.1 Å². The van der Waals surface area contributed by atoms with Gasteiger partial charge in [-0.15, -0.1) is 0 Å². The molecule has 0 bridgehead atoms. The van der Waals surface area contributed by atoms with Crippen molar-refractivity contribution in [2.45, 2.75) is 12.8 Å². The molecule has 1 aromatic carbocycles. The number of hydrogen-bond donors (Lipinski definition) is 0. The molecule has 0 radical (unpaired) electrons. The van der Waals surface area contributed by atoms with Crippen LogP contribution in [-0.4, -0.2) is 20.2 Å². The highest BCUT2D eigenvalue weighted by atomic mass is 35.5. The molecule has 0 amide bonds. The third-order valence-electron chi connectivity index (χ3n) is 2.12. The van der Waals surface area contributed by atoms with Gasteiger partial charge in [0.15, 0.2) is 0 Å². The van der Waals surface area contributed by atoms with E-state index in [0.717, 1.165) is 5.56 Å². The second kappa shape index (κ2) is 5.97. The fourth-order valence-corrected chi connectivity index (χ4v) is 1.98. The average Bonchev–Trinajstić information content (AvgIpc) is 2.25. The Morgan fingerprint density at radius 3 is 2.56 bits per heavy atom.